The lowest BCUT2D eigenvalue weighted by Gasteiger charge is -2.15. The molecule has 0 atom stereocenters. The second-order valence-electron chi connectivity index (χ2n) is 5.49. The number of rotatable bonds is 3. The van der Waals surface area contributed by atoms with Crippen molar-refractivity contribution in [3.8, 4) is 5.75 Å². The Balaban J connectivity index is 1.73. The standard InChI is InChI=1S/C19H13N3O2S2/c1-24-14-6-3-5-13(11-14)22-18(23)16(26-19(22)25)10-12-4-2-7-15-17(12)21-9-8-20-15/h2-11H,1H3. The van der Waals surface area contributed by atoms with Gasteiger partial charge in [0.05, 0.1) is 28.7 Å². The van der Waals surface area contributed by atoms with Crippen molar-refractivity contribution >= 4 is 57.0 Å². The molecule has 1 aliphatic heterocycles. The van der Waals surface area contributed by atoms with Crippen molar-refractivity contribution in [2.75, 3.05) is 12.0 Å². The third-order valence-corrected chi connectivity index (χ3v) is 5.22. The van der Waals surface area contributed by atoms with Crippen LogP contribution in [0.1, 0.15) is 5.56 Å². The summed E-state index contributed by atoms with van der Waals surface area (Å²) in [4.78, 5) is 23.7. The molecule has 0 spiro atoms. The molecular formula is C19H13N3O2S2. The van der Waals surface area contributed by atoms with Crippen molar-refractivity contribution in [2.45, 2.75) is 0 Å². The molecule has 2 aromatic carbocycles. The van der Waals surface area contributed by atoms with E-state index in [-0.39, 0.29) is 5.91 Å². The van der Waals surface area contributed by atoms with E-state index in [1.807, 2.05) is 42.5 Å². The van der Waals surface area contributed by atoms with E-state index in [2.05, 4.69) is 9.97 Å². The van der Waals surface area contributed by atoms with Crippen molar-refractivity contribution in [3.63, 3.8) is 0 Å². The van der Waals surface area contributed by atoms with Gasteiger partial charge in [0, 0.05) is 24.0 Å². The number of hydrogen-bond acceptors (Lipinski definition) is 6. The second kappa shape index (κ2) is 6.86. The summed E-state index contributed by atoms with van der Waals surface area (Å²) in [6.45, 7) is 0. The lowest BCUT2D eigenvalue weighted by molar-refractivity contribution is -0.113. The molecule has 5 nitrogen and oxygen atoms in total. The van der Waals surface area contributed by atoms with Crippen LogP contribution in [-0.4, -0.2) is 27.3 Å². The summed E-state index contributed by atoms with van der Waals surface area (Å²) >= 11 is 6.70. The topological polar surface area (TPSA) is 55.3 Å². The van der Waals surface area contributed by atoms with E-state index in [0.29, 0.717) is 20.7 Å². The summed E-state index contributed by atoms with van der Waals surface area (Å²) in [7, 11) is 1.59. The number of aromatic nitrogens is 2. The average molecular weight is 379 g/mol. The first-order chi connectivity index (χ1) is 12.7. The lowest BCUT2D eigenvalue weighted by Crippen LogP contribution is -2.27. The Labute approximate surface area is 159 Å². The van der Waals surface area contributed by atoms with Crippen molar-refractivity contribution in [2.24, 2.45) is 0 Å². The molecule has 0 unspecified atom stereocenters. The number of carbonyl (C=O) groups is 1. The number of thiocarbonyl (C=S) groups is 1. The summed E-state index contributed by atoms with van der Waals surface area (Å²) in [6.07, 6.45) is 5.10. The maximum atomic E-state index is 12.9. The highest BCUT2D eigenvalue weighted by Gasteiger charge is 2.33. The van der Waals surface area contributed by atoms with Crippen LogP contribution in [0.5, 0.6) is 5.75 Å². The number of anilines is 1. The monoisotopic (exact) mass is 379 g/mol. The molecule has 1 saturated heterocycles. The average Bonchev–Trinajstić information content (AvgIpc) is 2.95. The summed E-state index contributed by atoms with van der Waals surface area (Å²) in [6, 6.07) is 13.0. The van der Waals surface area contributed by atoms with E-state index < -0.39 is 0 Å². The highest BCUT2D eigenvalue weighted by molar-refractivity contribution is 8.27. The number of ether oxygens (including phenoxy) is 1. The quantitative estimate of drug-likeness (QED) is 0.506. The zero-order valence-electron chi connectivity index (χ0n) is 13.7. The first kappa shape index (κ1) is 16.7. The third kappa shape index (κ3) is 2.95. The smallest absolute Gasteiger partial charge is 0.270 e. The molecule has 1 amide bonds. The van der Waals surface area contributed by atoms with Crippen LogP contribution in [0.2, 0.25) is 0 Å². The molecule has 4 rings (SSSR count). The zero-order chi connectivity index (χ0) is 18.1. The minimum atomic E-state index is -0.158. The van der Waals surface area contributed by atoms with Gasteiger partial charge >= 0.3 is 0 Å². The van der Waals surface area contributed by atoms with Crippen LogP contribution in [0.25, 0.3) is 17.1 Å². The fourth-order valence-corrected chi connectivity index (χ4v) is 4.00. The highest BCUT2D eigenvalue weighted by atomic mass is 32.2. The van der Waals surface area contributed by atoms with Crippen LogP contribution in [-0.2, 0) is 4.79 Å². The van der Waals surface area contributed by atoms with Gasteiger partial charge in [-0.2, -0.15) is 0 Å². The van der Waals surface area contributed by atoms with Crippen molar-refractivity contribution in [1.82, 2.24) is 9.97 Å². The fraction of sp³-hybridized carbons (Fsp3) is 0.0526. The molecule has 0 bridgehead atoms. The minimum absolute atomic E-state index is 0.158. The van der Waals surface area contributed by atoms with E-state index in [0.717, 1.165) is 16.6 Å². The zero-order valence-corrected chi connectivity index (χ0v) is 15.4. The third-order valence-electron chi connectivity index (χ3n) is 3.92. The van der Waals surface area contributed by atoms with Crippen LogP contribution in [0.4, 0.5) is 5.69 Å². The van der Waals surface area contributed by atoms with Gasteiger partial charge in [-0.05, 0) is 24.3 Å². The fourth-order valence-electron chi connectivity index (χ4n) is 2.71. The lowest BCUT2D eigenvalue weighted by atomic mass is 10.1. The van der Waals surface area contributed by atoms with E-state index >= 15 is 0 Å². The number of carbonyl (C=O) groups excluding carboxylic acids is 1. The van der Waals surface area contributed by atoms with Gasteiger partial charge in [-0.15, -0.1) is 0 Å². The molecule has 0 radical (unpaired) electrons. The van der Waals surface area contributed by atoms with Crippen molar-refractivity contribution in [3.05, 3.63) is 65.3 Å². The van der Waals surface area contributed by atoms with Crippen molar-refractivity contribution < 1.29 is 9.53 Å². The Morgan fingerprint density at radius 2 is 1.96 bits per heavy atom. The molecule has 2 heterocycles. The number of methoxy groups -OCH3 is 1. The van der Waals surface area contributed by atoms with Crippen LogP contribution in [0.3, 0.4) is 0 Å². The Kier molecular flexibility index (Phi) is 4.40. The van der Waals surface area contributed by atoms with E-state index in [1.165, 1.54) is 16.7 Å². The van der Waals surface area contributed by atoms with E-state index in [1.54, 1.807) is 25.6 Å². The van der Waals surface area contributed by atoms with Crippen LogP contribution >= 0.6 is 24.0 Å². The molecule has 7 heteroatoms. The predicted octanol–water partition coefficient (Wildman–Crippen LogP) is 4.04. The molecule has 128 valence electrons. The molecule has 26 heavy (non-hydrogen) atoms. The highest BCUT2D eigenvalue weighted by Crippen LogP contribution is 2.37. The van der Waals surface area contributed by atoms with Crippen LogP contribution in [0, 0.1) is 0 Å². The molecule has 0 saturated carbocycles. The first-order valence-electron chi connectivity index (χ1n) is 7.79. The van der Waals surface area contributed by atoms with Crippen molar-refractivity contribution in [1.29, 1.82) is 0 Å². The molecule has 0 aliphatic carbocycles. The van der Waals surface area contributed by atoms with Gasteiger partial charge in [0.2, 0.25) is 0 Å². The Morgan fingerprint density at radius 3 is 2.81 bits per heavy atom. The first-order valence-corrected chi connectivity index (χ1v) is 9.01. The summed E-state index contributed by atoms with van der Waals surface area (Å²) in [5.74, 6) is 0.513. The van der Waals surface area contributed by atoms with Gasteiger partial charge in [0.1, 0.15) is 5.75 Å². The molecule has 1 aromatic heterocycles. The van der Waals surface area contributed by atoms with Gasteiger partial charge in [-0.1, -0.05) is 42.2 Å². The van der Waals surface area contributed by atoms with Gasteiger partial charge < -0.3 is 4.74 Å². The number of nitrogens with zero attached hydrogens (tertiary/aromatic N) is 3. The summed E-state index contributed by atoms with van der Waals surface area (Å²) in [5, 5.41) is 0. The minimum Gasteiger partial charge on any atom is -0.497 e. The normalized spacial score (nSPS) is 15.9. The summed E-state index contributed by atoms with van der Waals surface area (Å²) < 4.78 is 5.72. The number of para-hydroxylation sites is 1. The molecule has 1 aliphatic rings. The second-order valence-corrected chi connectivity index (χ2v) is 7.17. The summed E-state index contributed by atoms with van der Waals surface area (Å²) in [5.41, 5.74) is 3.06. The molecular weight excluding hydrogens is 366 g/mol. The van der Waals surface area contributed by atoms with Gasteiger partial charge in [0.25, 0.3) is 5.91 Å². The number of benzene rings is 2. The predicted molar refractivity (Wildman–Crippen MR) is 108 cm³/mol. The maximum absolute atomic E-state index is 12.9. The molecule has 0 N–H and O–H groups in total. The maximum Gasteiger partial charge on any atom is 0.270 e. The van der Waals surface area contributed by atoms with Crippen LogP contribution < -0.4 is 9.64 Å². The Hall–Kier alpha value is -2.77. The number of fused-ring (bicyclic) bond motifs is 1. The number of thioether (sulfide) groups is 1. The van der Waals surface area contributed by atoms with Gasteiger partial charge in [-0.3, -0.25) is 19.7 Å². The van der Waals surface area contributed by atoms with Gasteiger partial charge in [-0.25, -0.2) is 0 Å². The Morgan fingerprint density at radius 1 is 1.15 bits per heavy atom. The van der Waals surface area contributed by atoms with E-state index in [9.17, 15) is 4.79 Å². The number of hydrogen-bond donors (Lipinski definition) is 0. The molecule has 3 aromatic rings. The SMILES string of the molecule is COc1cccc(N2C(=O)C(=Cc3cccc4nccnc34)SC2=S)c1. The number of amides is 1. The largest absolute Gasteiger partial charge is 0.497 e. The Bertz CT molecular complexity index is 1060. The van der Waals surface area contributed by atoms with E-state index in [4.69, 9.17) is 17.0 Å². The van der Waals surface area contributed by atoms with Crippen LogP contribution in [0.15, 0.2) is 59.8 Å². The molecule has 1 fully saturated rings. The van der Waals surface area contributed by atoms with Gasteiger partial charge in [0.15, 0.2) is 4.32 Å².